The number of halogens is 1. The molecule has 0 aliphatic carbocycles. The van der Waals surface area contributed by atoms with Crippen molar-refractivity contribution >= 4 is 43.0 Å². The van der Waals surface area contributed by atoms with Gasteiger partial charge in [0.2, 0.25) is 0 Å². The molecule has 0 saturated carbocycles. The first-order chi connectivity index (χ1) is 10.8. The van der Waals surface area contributed by atoms with Crippen molar-refractivity contribution in [1.82, 2.24) is 4.90 Å². The number of carbonyl (C=O) groups is 1. The summed E-state index contributed by atoms with van der Waals surface area (Å²) in [5.41, 5.74) is 2.27. The van der Waals surface area contributed by atoms with Crippen molar-refractivity contribution in [2.45, 2.75) is 25.3 Å². The smallest absolute Gasteiger partial charge is 0.256 e. The summed E-state index contributed by atoms with van der Waals surface area (Å²) in [6.07, 6.45) is 0. The van der Waals surface area contributed by atoms with Crippen LogP contribution in [0.25, 0.3) is 0 Å². The van der Waals surface area contributed by atoms with Crippen LogP contribution in [0.4, 0.5) is 0 Å². The number of benzene rings is 1. The molecule has 1 aliphatic rings. The quantitative estimate of drug-likeness (QED) is 0.717. The van der Waals surface area contributed by atoms with Crippen molar-refractivity contribution in [3.05, 3.63) is 49.6 Å². The molecule has 122 valence electrons. The van der Waals surface area contributed by atoms with E-state index in [1.165, 1.54) is 11.3 Å². The fourth-order valence-electron chi connectivity index (χ4n) is 2.72. The van der Waals surface area contributed by atoms with Gasteiger partial charge in [0.25, 0.3) is 5.91 Å². The Bertz CT molecular complexity index is 887. The number of fused-ring (bicyclic) bond motifs is 1. The van der Waals surface area contributed by atoms with Crippen LogP contribution in [0, 0.1) is 13.8 Å². The first kappa shape index (κ1) is 16.7. The molecule has 1 amide bonds. The largest absolute Gasteiger partial charge is 0.333 e. The molecule has 0 bridgehead atoms. The summed E-state index contributed by atoms with van der Waals surface area (Å²) < 4.78 is 25.6. The Morgan fingerprint density at radius 3 is 2.61 bits per heavy atom. The summed E-state index contributed by atoms with van der Waals surface area (Å²) in [7, 11) is -3.35. The van der Waals surface area contributed by atoms with Gasteiger partial charge in [-0.05, 0) is 47.0 Å². The summed E-state index contributed by atoms with van der Waals surface area (Å²) >= 11 is 4.99. The zero-order valence-electron chi connectivity index (χ0n) is 12.8. The molecule has 2 aromatic rings. The highest BCUT2D eigenvalue weighted by molar-refractivity contribution is 9.11. The number of carbonyl (C=O) groups excluding carboxylic acids is 1. The lowest BCUT2D eigenvalue weighted by Crippen LogP contribution is -2.33. The first-order valence-corrected chi connectivity index (χ1v) is 10.4. The molecule has 3 rings (SSSR count). The average molecular weight is 414 g/mol. The lowest BCUT2D eigenvalue weighted by molar-refractivity contribution is 0.0753. The molecule has 4 nitrogen and oxygen atoms in total. The number of nitrogens with zero attached hydrogens (tertiary/aromatic N) is 1. The molecular formula is C16H16BrNO3S2. The monoisotopic (exact) mass is 413 g/mol. The van der Waals surface area contributed by atoms with Crippen LogP contribution in [-0.4, -0.2) is 31.5 Å². The van der Waals surface area contributed by atoms with Crippen molar-refractivity contribution < 1.29 is 13.2 Å². The van der Waals surface area contributed by atoms with Crippen LogP contribution in [0.5, 0.6) is 0 Å². The average Bonchev–Trinajstić information content (AvgIpc) is 2.67. The van der Waals surface area contributed by atoms with Gasteiger partial charge in [0.1, 0.15) is 0 Å². The van der Waals surface area contributed by atoms with Crippen molar-refractivity contribution in [3.63, 3.8) is 0 Å². The van der Waals surface area contributed by atoms with Gasteiger partial charge in [-0.25, -0.2) is 8.42 Å². The molecule has 0 N–H and O–H groups in total. The maximum absolute atomic E-state index is 12.9. The van der Waals surface area contributed by atoms with E-state index in [4.69, 9.17) is 0 Å². The van der Waals surface area contributed by atoms with Gasteiger partial charge in [-0.2, -0.15) is 0 Å². The Hall–Kier alpha value is -1.18. The van der Waals surface area contributed by atoms with Crippen LogP contribution in [0.15, 0.2) is 32.9 Å². The van der Waals surface area contributed by atoms with E-state index in [2.05, 4.69) is 15.9 Å². The predicted molar refractivity (Wildman–Crippen MR) is 94.7 cm³/mol. The molecule has 0 atom stereocenters. The normalized spacial score (nSPS) is 16.7. The highest BCUT2D eigenvalue weighted by Crippen LogP contribution is 2.34. The van der Waals surface area contributed by atoms with Gasteiger partial charge in [0, 0.05) is 18.0 Å². The molecule has 1 aromatic heterocycles. The third-order valence-electron chi connectivity index (χ3n) is 4.14. The minimum absolute atomic E-state index is 0.0461. The van der Waals surface area contributed by atoms with Gasteiger partial charge in [-0.3, -0.25) is 4.79 Å². The van der Waals surface area contributed by atoms with Crippen molar-refractivity contribution in [3.8, 4) is 0 Å². The van der Waals surface area contributed by atoms with Crippen molar-refractivity contribution in [2.75, 3.05) is 12.3 Å². The zero-order chi connectivity index (χ0) is 16.8. The van der Waals surface area contributed by atoms with E-state index in [0.717, 1.165) is 14.2 Å². The van der Waals surface area contributed by atoms with Crippen LogP contribution in [-0.2, 0) is 16.4 Å². The maximum atomic E-state index is 12.9. The van der Waals surface area contributed by atoms with Gasteiger partial charge in [-0.1, -0.05) is 18.2 Å². The summed E-state index contributed by atoms with van der Waals surface area (Å²) in [6, 6.07) is 6.92. The number of rotatable bonds is 1. The van der Waals surface area contributed by atoms with Crippen LogP contribution < -0.4 is 0 Å². The van der Waals surface area contributed by atoms with Crippen molar-refractivity contribution in [1.29, 1.82) is 0 Å². The second-order valence-electron chi connectivity index (χ2n) is 5.59. The molecule has 0 fully saturated rings. The molecule has 0 saturated heterocycles. The van der Waals surface area contributed by atoms with E-state index in [1.807, 2.05) is 13.8 Å². The summed E-state index contributed by atoms with van der Waals surface area (Å²) in [6.45, 7) is 4.42. The number of hydrogen-bond donors (Lipinski definition) is 0. The van der Waals surface area contributed by atoms with Gasteiger partial charge in [-0.15, -0.1) is 11.3 Å². The van der Waals surface area contributed by atoms with E-state index in [0.29, 0.717) is 22.6 Å². The third kappa shape index (κ3) is 2.97. The minimum atomic E-state index is -3.35. The highest BCUT2D eigenvalue weighted by Gasteiger charge is 2.30. The lowest BCUT2D eigenvalue weighted by Gasteiger charge is -2.20. The van der Waals surface area contributed by atoms with E-state index >= 15 is 0 Å². The molecule has 7 heteroatoms. The lowest BCUT2D eigenvalue weighted by atomic mass is 10.1. The Morgan fingerprint density at radius 2 is 1.96 bits per heavy atom. The highest BCUT2D eigenvalue weighted by atomic mass is 79.9. The summed E-state index contributed by atoms with van der Waals surface area (Å²) in [5.74, 6) is -0.166. The fourth-order valence-corrected chi connectivity index (χ4v) is 6.28. The van der Waals surface area contributed by atoms with Crippen LogP contribution in [0.2, 0.25) is 0 Å². The fraction of sp³-hybridized carbons (Fsp3) is 0.312. The Morgan fingerprint density at radius 1 is 1.26 bits per heavy atom. The number of aryl methyl sites for hydroxylation is 1. The van der Waals surface area contributed by atoms with E-state index < -0.39 is 9.84 Å². The number of amides is 1. The second kappa shape index (κ2) is 6.03. The Balaban J connectivity index is 2.01. The summed E-state index contributed by atoms with van der Waals surface area (Å²) in [5, 5.41) is 0. The van der Waals surface area contributed by atoms with Crippen LogP contribution in [0.3, 0.4) is 0 Å². The predicted octanol–water partition coefficient (Wildman–Crippen LogP) is 3.56. The Kier molecular flexibility index (Phi) is 4.37. The molecule has 23 heavy (non-hydrogen) atoms. The summed E-state index contributed by atoms with van der Waals surface area (Å²) in [4.78, 5) is 16.0. The number of sulfone groups is 1. The van der Waals surface area contributed by atoms with E-state index in [9.17, 15) is 13.2 Å². The van der Waals surface area contributed by atoms with Gasteiger partial charge in [0.15, 0.2) is 9.84 Å². The third-order valence-corrected chi connectivity index (χ3v) is 7.81. The van der Waals surface area contributed by atoms with Crippen LogP contribution >= 0.6 is 27.3 Å². The molecule has 1 aliphatic heterocycles. The number of hydrogen-bond acceptors (Lipinski definition) is 4. The van der Waals surface area contributed by atoms with Crippen molar-refractivity contribution in [2.24, 2.45) is 0 Å². The molecule has 1 aromatic carbocycles. The van der Waals surface area contributed by atoms with Gasteiger partial charge in [0.05, 0.1) is 20.0 Å². The molecule has 0 radical (unpaired) electrons. The van der Waals surface area contributed by atoms with Gasteiger partial charge >= 0.3 is 0 Å². The topological polar surface area (TPSA) is 54.5 Å². The maximum Gasteiger partial charge on any atom is 0.256 e. The first-order valence-electron chi connectivity index (χ1n) is 7.16. The SMILES string of the molecule is Cc1sc(Br)c(C(=O)N2CCS(=O)(=O)c3ccccc3C2)c1C. The Labute approximate surface area is 148 Å². The number of thiophene rings is 1. The molecule has 2 heterocycles. The van der Waals surface area contributed by atoms with Gasteiger partial charge < -0.3 is 4.90 Å². The zero-order valence-corrected chi connectivity index (χ0v) is 16.0. The molecule has 0 unspecified atom stereocenters. The standard InChI is InChI=1S/C16H16BrNO3S2/c1-10-11(2)22-15(17)14(10)16(19)18-7-8-23(20,21)13-6-4-3-5-12(13)9-18/h3-6H,7-9H2,1-2H3. The van der Waals surface area contributed by atoms with E-state index in [1.54, 1.807) is 29.2 Å². The van der Waals surface area contributed by atoms with E-state index in [-0.39, 0.29) is 18.2 Å². The van der Waals surface area contributed by atoms with Crippen LogP contribution in [0.1, 0.15) is 26.4 Å². The second-order valence-corrected chi connectivity index (χ2v) is 10.2. The minimum Gasteiger partial charge on any atom is -0.333 e. The molecular weight excluding hydrogens is 398 g/mol. The molecule has 0 spiro atoms.